The molecule has 1 atom stereocenters. The summed E-state index contributed by atoms with van der Waals surface area (Å²) in [5.74, 6) is 0.0210. The van der Waals surface area contributed by atoms with Crippen molar-refractivity contribution >= 4 is 23.3 Å². The minimum Gasteiger partial charge on any atom is -0.489 e. The van der Waals surface area contributed by atoms with Crippen LogP contribution < -0.4 is 15.9 Å². The molecule has 1 aromatic carbocycles. The number of rotatable bonds is 1. The second-order valence-corrected chi connectivity index (χ2v) is 5.86. The normalized spacial score (nSPS) is 21.6. The standard InChI is InChI=1S/C15H15FN2O2.ClH/c1-8-7-20-14-12(15(17)3-4-15)10(16)6-9-11(19)2-5-18(8)13(9)14;/h2,5-6,8H,3-4,7,17H2,1H3;1H/t8-;/m0./s1. The Morgan fingerprint density at radius 3 is 2.86 bits per heavy atom. The molecule has 4 rings (SSSR count). The summed E-state index contributed by atoms with van der Waals surface area (Å²) < 4.78 is 22.2. The highest BCUT2D eigenvalue weighted by atomic mass is 35.5. The first-order valence-corrected chi connectivity index (χ1v) is 6.81. The lowest BCUT2D eigenvalue weighted by Crippen LogP contribution is -2.28. The number of pyridine rings is 1. The van der Waals surface area contributed by atoms with Crippen molar-refractivity contribution < 1.29 is 9.13 Å². The average molecular weight is 311 g/mol. The molecule has 0 unspecified atom stereocenters. The fourth-order valence-corrected chi connectivity index (χ4v) is 3.01. The molecule has 21 heavy (non-hydrogen) atoms. The Morgan fingerprint density at radius 2 is 2.19 bits per heavy atom. The summed E-state index contributed by atoms with van der Waals surface area (Å²) in [6, 6.07) is 2.89. The number of nitrogens with two attached hydrogens (primary N) is 1. The summed E-state index contributed by atoms with van der Waals surface area (Å²) in [7, 11) is 0. The van der Waals surface area contributed by atoms with Crippen molar-refractivity contribution in [1.29, 1.82) is 0 Å². The zero-order valence-corrected chi connectivity index (χ0v) is 12.4. The zero-order chi connectivity index (χ0) is 14.1. The molecule has 0 saturated heterocycles. The molecule has 6 heteroatoms. The van der Waals surface area contributed by atoms with Crippen LogP contribution in [0.4, 0.5) is 4.39 Å². The Bertz CT molecular complexity index is 798. The third-order valence-corrected chi connectivity index (χ3v) is 4.35. The van der Waals surface area contributed by atoms with E-state index < -0.39 is 11.4 Å². The maximum absolute atomic E-state index is 14.4. The number of nitrogens with zero attached hydrogens (tertiary/aromatic N) is 1. The van der Waals surface area contributed by atoms with Gasteiger partial charge in [-0.25, -0.2) is 4.39 Å². The van der Waals surface area contributed by atoms with Crippen LogP contribution in [-0.2, 0) is 5.54 Å². The molecule has 2 aliphatic rings. The first kappa shape index (κ1) is 14.4. The maximum atomic E-state index is 14.4. The largest absolute Gasteiger partial charge is 0.489 e. The molecule has 112 valence electrons. The predicted molar refractivity (Wildman–Crippen MR) is 80.7 cm³/mol. The van der Waals surface area contributed by atoms with E-state index in [0.29, 0.717) is 28.8 Å². The van der Waals surface area contributed by atoms with Gasteiger partial charge >= 0.3 is 0 Å². The number of ether oxygens (including phenoxy) is 1. The molecule has 0 spiro atoms. The van der Waals surface area contributed by atoms with Crippen molar-refractivity contribution in [3.05, 3.63) is 39.9 Å². The van der Waals surface area contributed by atoms with E-state index in [1.165, 1.54) is 12.1 Å². The summed E-state index contributed by atoms with van der Waals surface area (Å²) in [6.45, 7) is 2.46. The fourth-order valence-electron chi connectivity index (χ4n) is 3.01. The summed E-state index contributed by atoms with van der Waals surface area (Å²) in [5, 5.41) is 0.361. The molecule has 1 fully saturated rings. The summed E-state index contributed by atoms with van der Waals surface area (Å²) in [6.07, 6.45) is 3.25. The van der Waals surface area contributed by atoms with Crippen molar-refractivity contribution in [1.82, 2.24) is 4.57 Å². The number of benzene rings is 1. The summed E-state index contributed by atoms with van der Waals surface area (Å²) >= 11 is 0. The van der Waals surface area contributed by atoms with E-state index >= 15 is 0 Å². The first-order chi connectivity index (χ1) is 9.51. The highest BCUT2D eigenvalue weighted by molar-refractivity contribution is 5.87. The third kappa shape index (κ3) is 1.88. The lowest BCUT2D eigenvalue weighted by molar-refractivity contribution is 0.241. The summed E-state index contributed by atoms with van der Waals surface area (Å²) in [5.41, 5.74) is 6.45. The Morgan fingerprint density at radius 1 is 1.48 bits per heavy atom. The van der Waals surface area contributed by atoms with E-state index in [1.54, 1.807) is 6.20 Å². The van der Waals surface area contributed by atoms with Crippen LogP contribution in [0.5, 0.6) is 5.75 Å². The third-order valence-electron chi connectivity index (χ3n) is 4.35. The van der Waals surface area contributed by atoms with Crippen LogP contribution in [-0.4, -0.2) is 11.2 Å². The molecule has 1 saturated carbocycles. The molecule has 2 heterocycles. The molecular formula is C15H16ClFN2O2. The Hall–Kier alpha value is -1.59. The predicted octanol–water partition coefficient (Wildman–Crippen LogP) is 2.46. The fraction of sp³-hybridized carbons (Fsp3) is 0.400. The van der Waals surface area contributed by atoms with Crippen molar-refractivity contribution in [2.75, 3.05) is 6.61 Å². The van der Waals surface area contributed by atoms with Gasteiger partial charge in [-0.1, -0.05) is 0 Å². The molecular weight excluding hydrogens is 295 g/mol. The lowest BCUT2D eigenvalue weighted by Gasteiger charge is -2.29. The quantitative estimate of drug-likeness (QED) is 0.880. The lowest BCUT2D eigenvalue weighted by atomic mass is 9.99. The molecule has 2 aromatic rings. The Labute approximate surface area is 127 Å². The number of halogens is 2. The van der Waals surface area contributed by atoms with Gasteiger partial charge in [0.2, 0.25) is 0 Å². The van der Waals surface area contributed by atoms with Gasteiger partial charge in [-0.05, 0) is 25.8 Å². The molecule has 1 aliphatic heterocycles. The van der Waals surface area contributed by atoms with E-state index in [0.717, 1.165) is 12.8 Å². The monoisotopic (exact) mass is 310 g/mol. The molecule has 0 amide bonds. The van der Waals surface area contributed by atoms with Crippen LogP contribution in [0.1, 0.15) is 31.4 Å². The van der Waals surface area contributed by atoms with Crippen LogP contribution in [0.3, 0.4) is 0 Å². The first-order valence-electron chi connectivity index (χ1n) is 6.81. The molecule has 1 aromatic heterocycles. The highest BCUT2D eigenvalue weighted by Crippen LogP contribution is 2.50. The van der Waals surface area contributed by atoms with E-state index in [9.17, 15) is 9.18 Å². The van der Waals surface area contributed by atoms with E-state index in [1.807, 2.05) is 11.5 Å². The topological polar surface area (TPSA) is 57.2 Å². The second-order valence-electron chi connectivity index (χ2n) is 5.86. The molecule has 1 aliphatic carbocycles. The minimum atomic E-state index is -0.634. The van der Waals surface area contributed by atoms with Gasteiger partial charge in [-0.2, -0.15) is 0 Å². The van der Waals surface area contributed by atoms with Crippen molar-refractivity contribution in [2.45, 2.75) is 31.3 Å². The van der Waals surface area contributed by atoms with E-state index in [2.05, 4.69) is 0 Å². The number of hydrogen-bond acceptors (Lipinski definition) is 3. The molecule has 2 N–H and O–H groups in total. The number of hydrogen-bond donors (Lipinski definition) is 1. The molecule has 0 radical (unpaired) electrons. The van der Waals surface area contributed by atoms with Crippen LogP contribution in [0.2, 0.25) is 0 Å². The SMILES string of the molecule is C[C@H]1COc2c(C3(N)CC3)c(F)cc3c(=O)ccn1c23.Cl. The highest BCUT2D eigenvalue weighted by Gasteiger charge is 2.46. The maximum Gasteiger partial charge on any atom is 0.189 e. The number of aromatic nitrogens is 1. The average Bonchev–Trinajstić information content (AvgIpc) is 3.14. The van der Waals surface area contributed by atoms with Gasteiger partial charge in [0.05, 0.1) is 22.5 Å². The van der Waals surface area contributed by atoms with Crippen LogP contribution in [0.15, 0.2) is 23.1 Å². The second kappa shape index (κ2) is 4.45. The van der Waals surface area contributed by atoms with E-state index in [4.69, 9.17) is 10.5 Å². The van der Waals surface area contributed by atoms with Gasteiger partial charge in [-0.3, -0.25) is 4.79 Å². The van der Waals surface area contributed by atoms with Gasteiger partial charge < -0.3 is 15.0 Å². The molecule has 4 nitrogen and oxygen atoms in total. The van der Waals surface area contributed by atoms with Crippen molar-refractivity contribution in [3.63, 3.8) is 0 Å². The smallest absolute Gasteiger partial charge is 0.189 e. The van der Waals surface area contributed by atoms with Crippen LogP contribution >= 0.6 is 12.4 Å². The molecule has 0 bridgehead atoms. The zero-order valence-electron chi connectivity index (χ0n) is 11.6. The Balaban J connectivity index is 0.00000132. The van der Waals surface area contributed by atoms with Gasteiger partial charge in [0.15, 0.2) is 11.2 Å². The summed E-state index contributed by atoms with van der Waals surface area (Å²) in [4.78, 5) is 12.0. The van der Waals surface area contributed by atoms with Crippen LogP contribution in [0, 0.1) is 5.82 Å². The minimum absolute atomic E-state index is 0. The van der Waals surface area contributed by atoms with Crippen molar-refractivity contribution in [2.24, 2.45) is 5.73 Å². The van der Waals surface area contributed by atoms with Gasteiger partial charge in [0.1, 0.15) is 12.4 Å². The Kier molecular flexibility index (Phi) is 3.04. The van der Waals surface area contributed by atoms with Gasteiger partial charge in [0, 0.05) is 17.8 Å². The van der Waals surface area contributed by atoms with Gasteiger partial charge in [-0.15, -0.1) is 12.4 Å². The van der Waals surface area contributed by atoms with Gasteiger partial charge in [0.25, 0.3) is 0 Å². The van der Waals surface area contributed by atoms with Crippen molar-refractivity contribution in [3.8, 4) is 5.75 Å². The van der Waals surface area contributed by atoms with Crippen LogP contribution in [0.25, 0.3) is 10.9 Å². The van der Waals surface area contributed by atoms with E-state index in [-0.39, 0.29) is 23.9 Å².